The monoisotopic (exact) mass is 263 g/mol. The second kappa shape index (κ2) is 6.06. The van der Waals surface area contributed by atoms with Crippen LogP contribution < -0.4 is 11.1 Å². The molecule has 0 atom stereocenters. The number of nitrogens with zero attached hydrogens (tertiary/aromatic N) is 1. The van der Waals surface area contributed by atoms with Gasteiger partial charge in [-0.05, 0) is 37.1 Å². The Morgan fingerprint density at radius 1 is 1.37 bits per heavy atom. The number of nitrogens with two attached hydrogens (primary N) is 1. The highest BCUT2D eigenvalue weighted by Crippen LogP contribution is 2.19. The van der Waals surface area contributed by atoms with Gasteiger partial charge < -0.3 is 11.1 Å². The number of nitrogens with one attached hydrogen (secondary N) is 1. The molecule has 0 saturated carbocycles. The van der Waals surface area contributed by atoms with Crippen molar-refractivity contribution in [2.45, 2.75) is 27.7 Å². The molecule has 0 aliphatic heterocycles. The van der Waals surface area contributed by atoms with Crippen molar-refractivity contribution < 1.29 is 4.79 Å². The largest absolute Gasteiger partial charge is 0.397 e. The van der Waals surface area contributed by atoms with Gasteiger partial charge in [0.05, 0.1) is 17.9 Å². The average Bonchev–Trinajstić information content (AvgIpc) is 2.19. The fourth-order valence-corrected chi connectivity index (χ4v) is 2.10. The lowest BCUT2D eigenvalue weighted by Crippen LogP contribution is -2.35. The van der Waals surface area contributed by atoms with Crippen LogP contribution in [0.2, 0.25) is 0 Å². The fraction of sp³-hybridized carbons (Fsp3) is 0.533. The van der Waals surface area contributed by atoms with E-state index in [1.54, 1.807) is 0 Å². The molecule has 3 N–H and O–H groups in total. The van der Waals surface area contributed by atoms with Crippen LogP contribution in [-0.2, 0) is 4.79 Å². The Bertz CT molecular complexity index is 449. The molecule has 0 unspecified atom stereocenters. The number of hydrogen-bond acceptors (Lipinski definition) is 3. The van der Waals surface area contributed by atoms with E-state index in [0.29, 0.717) is 17.9 Å². The number of benzene rings is 1. The zero-order valence-electron chi connectivity index (χ0n) is 12.6. The third-order valence-electron chi connectivity index (χ3n) is 2.64. The molecular formula is C15H25N3O. The van der Waals surface area contributed by atoms with Gasteiger partial charge in [-0.25, -0.2) is 0 Å². The van der Waals surface area contributed by atoms with Crippen molar-refractivity contribution >= 4 is 17.3 Å². The molecule has 1 aromatic carbocycles. The molecule has 1 rings (SSSR count). The summed E-state index contributed by atoms with van der Waals surface area (Å²) in [5.74, 6) is -0.0395. The average molecular weight is 263 g/mol. The molecular weight excluding hydrogens is 238 g/mol. The molecule has 1 amide bonds. The van der Waals surface area contributed by atoms with Crippen LogP contribution in [0.5, 0.6) is 0 Å². The summed E-state index contributed by atoms with van der Waals surface area (Å²) in [4.78, 5) is 14.0. The van der Waals surface area contributed by atoms with Crippen LogP contribution in [0.1, 0.15) is 26.3 Å². The van der Waals surface area contributed by atoms with Gasteiger partial charge in [-0.15, -0.1) is 0 Å². The summed E-state index contributed by atoms with van der Waals surface area (Å²) in [6.45, 7) is 9.66. The first-order chi connectivity index (χ1) is 8.67. The number of carbonyl (C=O) groups is 1. The van der Waals surface area contributed by atoms with E-state index in [1.807, 2.05) is 37.1 Å². The van der Waals surface area contributed by atoms with Crippen molar-refractivity contribution in [2.24, 2.45) is 5.41 Å². The lowest BCUT2D eigenvalue weighted by molar-refractivity contribution is -0.117. The van der Waals surface area contributed by atoms with Gasteiger partial charge >= 0.3 is 0 Å². The fourth-order valence-electron chi connectivity index (χ4n) is 2.10. The van der Waals surface area contributed by atoms with E-state index >= 15 is 0 Å². The van der Waals surface area contributed by atoms with Gasteiger partial charge in [0.15, 0.2) is 0 Å². The summed E-state index contributed by atoms with van der Waals surface area (Å²) in [7, 11) is 1.95. The summed E-state index contributed by atoms with van der Waals surface area (Å²) < 4.78 is 0. The Morgan fingerprint density at radius 2 is 2.00 bits per heavy atom. The molecule has 0 radical (unpaired) electrons. The Morgan fingerprint density at radius 3 is 2.53 bits per heavy atom. The van der Waals surface area contributed by atoms with E-state index < -0.39 is 0 Å². The first-order valence-corrected chi connectivity index (χ1v) is 6.52. The van der Waals surface area contributed by atoms with Crippen molar-refractivity contribution in [3.8, 4) is 0 Å². The van der Waals surface area contributed by atoms with E-state index in [9.17, 15) is 4.79 Å². The maximum atomic E-state index is 11.9. The molecule has 19 heavy (non-hydrogen) atoms. The van der Waals surface area contributed by atoms with E-state index in [2.05, 4.69) is 26.1 Å². The maximum Gasteiger partial charge on any atom is 0.238 e. The highest BCUT2D eigenvalue weighted by atomic mass is 16.2. The number of carbonyl (C=O) groups excluding carboxylic acids is 1. The van der Waals surface area contributed by atoms with E-state index in [4.69, 9.17) is 5.73 Å². The number of likely N-dealkylation sites (N-methyl/N-ethyl adjacent to an activating group) is 1. The summed E-state index contributed by atoms with van der Waals surface area (Å²) in [5.41, 5.74) is 8.42. The Kier molecular flexibility index (Phi) is 4.95. The molecule has 0 fully saturated rings. The SMILES string of the molecule is Cc1ccc(NC(=O)CN(C)CC(C)(C)C)c(N)c1. The molecule has 0 aliphatic rings. The molecule has 106 valence electrons. The number of anilines is 2. The van der Waals surface area contributed by atoms with Crippen LogP contribution >= 0.6 is 0 Å². The molecule has 0 spiro atoms. The van der Waals surface area contributed by atoms with E-state index in [0.717, 1.165) is 12.1 Å². The first-order valence-electron chi connectivity index (χ1n) is 6.52. The first kappa shape index (κ1) is 15.5. The Labute approximate surface area is 116 Å². The minimum Gasteiger partial charge on any atom is -0.397 e. The maximum absolute atomic E-state index is 11.9. The lowest BCUT2D eigenvalue weighted by Gasteiger charge is -2.26. The van der Waals surface area contributed by atoms with Gasteiger partial charge in [0.25, 0.3) is 0 Å². The number of nitrogen functional groups attached to an aromatic ring is 1. The highest BCUT2D eigenvalue weighted by Gasteiger charge is 2.16. The molecule has 0 saturated heterocycles. The van der Waals surface area contributed by atoms with Crippen LogP contribution in [0.15, 0.2) is 18.2 Å². The molecule has 4 nitrogen and oxygen atoms in total. The lowest BCUT2D eigenvalue weighted by atomic mass is 9.96. The van der Waals surface area contributed by atoms with Gasteiger partial charge in [0.2, 0.25) is 5.91 Å². The molecule has 0 bridgehead atoms. The molecule has 0 aliphatic carbocycles. The normalized spacial score (nSPS) is 11.7. The number of amides is 1. The van der Waals surface area contributed by atoms with Gasteiger partial charge in [0, 0.05) is 6.54 Å². The van der Waals surface area contributed by atoms with Crippen LogP contribution in [0.4, 0.5) is 11.4 Å². The van der Waals surface area contributed by atoms with Gasteiger partial charge in [-0.1, -0.05) is 26.8 Å². The number of hydrogen-bond donors (Lipinski definition) is 2. The van der Waals surface area contributed by atoms with Crippen LogP contribution in [0.3, 0.4) is 0 Å². The Hall–Kier alpha value is -1.55. The van der Waals surface area contributed by atoms with Crippen molar-refractivity contribution in [1.29, 1.82) is 0 Å². The predicted molar refractivity (Wildman–Crippen MR) is 81.2 cm³/mol. The molecule has 0 heterocycles. The van der Waals surface area contributed by atoms with Crippen molar-refractivity contribution in [2.75, 3.05) is 31.2 Å². The Balaban J connectivity index is 2.56. The second-order valence-electron chi connectivity index (χ2n) is 6.37. The van der Waals surface area contributed by atoms with Crippen molar-refractivity contribution in [1.82, 2.24) is 4.90 Å². The summed E-state index contributed by atoms with van der Waals surface area (Å²) in [6.07, 6.45) is 0. The zero-order valence-corrected chi connectivity index (χ0v) is 12.6. The van der Waals surface area contributed by atoms with Gasteiger partial charge in [-0.3, -0.25) is 9.69 Å². The van der Waals surface area contributed by atoms with E-state index in [-0.39, 0.29) is 11.3 Å². The van der Waals surface area contributed by atoms with Crippen LogP contribution in [-0.4, -0.2) is 30.9 Å². The molecule has 1 aromatic rings. The minimum absolute atomic E-state index is 0.0395. The van der Waals surface area contributed by atoms with Gasteiger partial charge in [0.1, 0.15) is 0 Å². The second-order valence-corrected chi connectivity index (χ2v) is 6.37. The van der Waals surface area contributed by atoms with Crippen molar-refractivity contribution in [3.63, 3.8) is 0 Å². The zero-order chi connectivity index (χ0) is 14.6. The van der Waals surface area contributed by atoms with Crippen LogP contribution in [0, 0.1) is 12.3 Å². The molecule has 4 heteroatoms. The summed E-state index contributed by atoms with van der Waals surface area (Å²) in [5, 5.41) is 2.85. The topological polar surface area (TPSA) is 58.4 Å². The van der Waals surface area contributed by atoms with E-state index in [1.165, 1.54) is 0 Å². The number of rotatable bonds is 4. The van der Waals surface area contributed by atoms with Crippen LogP contribution in [0.25, 0.3) is 0 Å². The van der Waals surface area contributed by atoms with Gasteiger partial charge in [-0.2, -0.15) is 0 Å². The van der Waals surface area contributed by atoms with Crippen molar-refractivity contribution in [3.05, 3.63) is 23.8 Å². The summed E-state index contributed by atoms with van der Waals surface area (Å²) >= 11 is 0. The minimum atomic E-state index is -0.0395. The molecule has 0 aromatic heterocycles. The summed E-state index contributed by atoms with van der Waals surface area (Å²) in [6, 6.07) is 5.63. The third kappa shape index (κ3) is 5.75. The smallest absolute Gasteiger partial charge is 0.238 e. The standard InChI is InChI=1S/C15H25N3O/c1-11-6-7-13(12(16)8-11)17-14(19)9-18(5)10-15(2,3)4/h6-8H,9-10,16H2,1-5H3,(H,17,19). The number of aryl methyl sites for hydroxylation is 1. The quantitative estimate of drug-likeness (QED) is 0.821. The predicted octanol–water partition coefficient (Wildman–Crippen LogP) is 2.49. The highest BCUT2D eigenvalue weighted by molar-refractivity contribution is 5.95. The third-order valence-corrected chi connectivity index (χ3v) is 2.64.